The molecule has 0 spiro atoms. The summed E-state index contributed by atoms with van der Waals surface area (Å²) < 4.78 is 0. The van der Waals surface area contributed by atoms with E-state index in [-0.39, 0.29) is 48.3 Å². The fourth-order valence-electron chi connectivity index (χ4n) is 3.98. The van der Waals surface area contributed by atoms with Crippen molar-refractivity contribution in [1.29, 1.82) is 0 Å². The van der Waals surface area contributed by atoms with Crippen molar-refractivity contribution in [3.63, 3.8) is 0 Å². The Hall–Kier alpha value is -2.29. The number of unbranched alkanes of at least 4 members (excludes halogenated alkanes) is 1. The Labute approximate surface area is 204 Å². The summed E-state index contributed by atoms with van der Waals surface area (Å²) in [5.41, 5.74) is 0. The van der Waals surface area contributed by atoms with Gasteiger partial charge in [-0.05, 0) is 38.5 Å². The van der Waals surface area contributed by atoms with Crippen LogP contribution in [0.1, 0.15) is 87.0 Å². The van der Waals surface area contributed by atoms with Gasteiger partial charge in [0, 0.05) is 31.3 Å². The summed E-state index contributed by atoms with van der Waals surface area (Å²) in [7, 11) is 0. The van der Waals surface area contributed by atoms with E-state index in [2.05, 4.69) is 16.0 Å². The quantitative estimate of drug-likeness (QED) is 0.243. The number of nitrogens with one attached hydrogen (secondary N) is 3. The van der Waals surface area contributed by atoms with Crippen molar-refractivity contribution in [1.82, 2.24) is 20.9 Å². The molecule has 34 heavy (non-hydrogen) atoms. The minimum absolute atomic E-state index is 0.0839. The van der Waals surface area contributed by atoms with E-state index in [1.807, 2.05) is 27.7 Å². The first-order valence-electron chi connectivity index (χ1n) is 12.6. The predicted molar refractivity (Wildman–Crippen MR) is 131 cm³/mol. The fourth-order valence-corrected chi connectivity index (χ4v) is 3.98. The lowest BCUT2D eigenvalue weighted by molar-refractivity contribution is -0.138. The number of rotatable bonds is 15. The molecule has 0 aromatic heterocycles. The number of amides is 4. The van der Waals surface area contributed by atoms with Gasteiger partial charge in [0.15, 0.2) is 5.78 Å². The Balaban J connectivity index is 2.67. The number of imide groups is 1. The van der Waals surface area contributed by atoms with Crippen molar-refractivity contribution in [3.05, 3.63) is 0 Å². The first-order chi connectivity index (χ1) is 15.8. The van der Waals surface area contributed by atoms with E-state index in [4.69, 9.17) is 0 Å². The van der Waals surface area contributed by atoms with Crippen LogP contribution in [0.25, 0.3) is 0 Å². The second kappa shape index (κ2) is 14.2. The number of ketones is 1. The Bertz CT molecular complexity index is 709. The number of hydrogen-bond acceptors (Lipinski definition) is 6. The molecule has 9 heteroatoms. The highest BCUT2D eigenvalue weighted by Gasteiger charge is 2.30. The lowest BCUT2D eigenvalue weighted by Crippen LogP contribution is -2.55. The third kappa shape index (κ3) is 9.91. The monoisotopic (exact) mass is 480 g/mol. The van der Waals surface area contributed by atoms with Crippen LogP contribution >= 0.6 is 0 Å². The molecule has 0 bridgehead atoms. The zero-order valence-corrected chi connectivity index (χ0v) is 21.9. The largest absolute Gasteiger partial charge is 0.345 e. The van der Waals surface area contributed by atoms with Gasteiger partial charge in [0.05, 0.1) is 12.1 Å². The van der Waals surface area contributed by atoms with E-state index in [0.717, 1.165) is 0 Å². The molecule has 0 saturated carbocycles. The average molecular weight is 481 g/mol. The summed E-state index contributed by atoms with van der Waals surface area (Å²) in [5, 5.41) is 8.81. The second-order valence-corrected chi connectivity index (χ2v) is 10.3. The molecule has 194 valence electrons. The van der Waals surface area contributed by atoms with Crippen molar-refractivity contribution in [2.75, 3.05) is 6.54 Å². The average Bonchev–Trinajstić information content (AvgIpc) is 3.05. The van der Waals surface area contributed by atoms with Crippen LogP contribution < -0.4 is 16.0 Å². The number of Topliss-reactive ketones (excluding diaryl/α,β-unsaturated/α-hetero) is 1. The molecule has 0 aliphatic carbocycles. The molecule has 1 saturated heterocycles. The molecule has 0 radical (unpaired) electrons. The van der Waals surface area contributed by atoms with Gasteiger partial charge in [0.25, 0.3) is 0 Å². The fraction of sp³-hybridized carbons (Fsp3) is 0.800. The third-order valence-corrected chi connectivity index (χ3v) is 5.82. The molecule has 4 amide bonds. The van der Waals surface area contributed by atoms with Crippen molar-refractivity contribution >= 4 is 29.4 Å². The molecule has 1 heterocycles. The minimum Gasteiger partial charge on any atom is -0.345 e. The maximum Gasteiger partial charge on any atom is 0.242 e. The SMILES string of the molecule is CC(C)C[C@H](NC(C)C)C(=O)NC(C)C(=O)N[C@@H](CCCCN1C(=O)CCC1=O)C(=O)C(C)C. The molecule has 0 aromatic carbocycles. The van der Waals surface area contributed by atoms with Gasteiger partial charge in [-0.1, -0.05) is 41.5 Å². The molecular formula is C25H44N4O5. The number of carbonyl (C=O) groups is 5. The molecule has 1 aliphatic rings. The van der Waals surface area contributed by atoms with E-state index in [0.29, 0.717) is 38.1 Å². The number of nitrogens with zero attached hydrogens (tertiary/aromatic N) is 1. The molecule has 1 rings (SSSR count). The van der Waals surface area contributed by atoms with Gasteiger partial charge < -0.3 is 16.0 Å². The lowest BCUT2D eigenvalue weighted by atomic mass is 9.96. The van der Waals surface area contributed by atoms with Gasteiger partial charge in [0.2, 0.25) is 23.6 Å². The maximum absolute atomic E-state index is 12.8. The molecule has 1 unspecified atom stereocenters. The maximum atomic E-state index is 12.8. The highest BCUT2D eigenvalue weighted by Crippen LogP contribution is 2.14. The van der Waals surface area contributed by atoms with Crippen LogP contribution in [0.4, 0.5) is 0 Å². The van der Waals surface area contributed by atoms with Gasteiger partial charge in [-0.25, -0.2) is 0 Å². The molecular weight excluding hydrogens is 436 g/mol. The minimum atomic E-state index is -0.793. The Morgan fingerprint density at radius 2 is 1.41 bits per heavy atom. The molecule has 0 aromatic rings. The van der Waals surface area contributed by atoms with Crippen LogP contribution in [0.15, 0.2) is 0 Å². The number of carbonyl (C=O) groups excluding carboxylic acids is 5. The van der Waals surface area contributed by atoms with Crippen LogP contribution in [0.3, 0.4) is 0 Å². The van der Waals surface area contributed by atoms with Crippen LogP contribution in [0.5, 0.6) is 0 Å². The Kier molecular flexibility index (Phi) is 12.4. The number of likely N-dealkylation sites (tertiary alicyclic amines) is 1. The summed E-state index contributed by atoms with van der Waals surface area (Å²) in [6.45, 7) is 13.5. The Morgan fingerprint density at radius 3 is 1.91 bits per heavy atom. The normalized spacial score (nSPS) is 16.8. The van der Waals surface area contributed by atoms with Crippen LogP contribution in [-0.2, 0) is 24.0 Å². The summed E-state index contributed by atoms with van der Waals surface area (Å²) in [6.07, 6.45) is 2.73. The van der Waals surface area contributed by atoms with E-state index < -0.39 is 24.0 Å². The first-order valence-corrected chi connectivity index (χ1v) is 12.6. The van der Waals surface area contributed by atoms with E-state index in [9.17, 15) is 24.0 Å². The van der Waals surface area contributed by atoms with Gasteiger partial charge in [0.1, 0.15) is 6.04 Å². The van der Waals surface area contributed by atoms with E-state index in [1.165, 1.54) is 4.90 Å². The van der Waals surface area contributed by atoms with Crippen LogP contribution in [-0.4, -0.2) is 65.0 Å². The van der Waals surface area contributed by atoms with Gasteiger partial charge in [-0.15, -0.1) is 0 Å². The van der Waals surface area contributed by atoms with Gasteiger partial charge in [-0.2, -0.15) is 0 Å². The lowest BCUT2D eigenvalue weighted by Gasteiger charge is -2.26. The summed E-state index contributed by atoms with van der Waals surface area (Å²) >= 11 is 0. The molecule has 3 N–H and O–H groups in total. The zero-order chi connectivity index (χ0) is 26.0. The topological polar surface area (TPSA) is 125 Å². The first kappa shape index (κ1) is 29.7. The van der Waals surface area contributed by atoms with Crippen molar-refractivity contribution in [2.45, 2.75) is 111 Å². The van der Waals surface area contributed by atoms with Crippen LogP contribution in [0, 0.1) is 11.8 Å². The van der Waals surface area contributed by atoms with Gasteiger partial charge >= 0.3 is 0 Å². The summed E-state index contributed by atoms with van der Waals surface area (Å²) in [5.74, 6) is -0.991. The zero-order valence-electron chi connectivity index (χ0n) is 21.9. The third-order valence-electron chi connectivity index (χ3n) is 5.82. The highest BCUT2D eigenvalue weighted by atomic mass is 16.2. The molecule has 1 fully saturated rings. The van der Waals surface area contributed by atoms with Crippen LogP contribution in [0.2, 0.25) is 0 Å². The summed E-state index contributed by atoms with van der Waals surface area (Å²) in [6, 6.07) is -1.76. The highest BCUT2D eigenvalue weighted by molar-refractivity contribution is 6.01. The standard InChI is InChI=1S/C25H44N4O5/c1-15(2)14-20(26-17(5)6)25(34)27-18(7)24(33)28-19(23(32)16(3)4)10-8-9-13-29-21(30)11-12-22(29)31/h15-20,26H,8-14H2,1-7H3,(H,27,34)(H,28,33)/t18?,19-,20-/m0/s1. The molecule has 9 nitrogen and oxygen atoms in total. The van der Waals surface area contributed by atoms with Crippen molar-refractivity contribution in [2.24, 2.45) is 11.8 Å². The Morgan fingerprint density at radius 1 is 0.824 bits per heavy atom. The van der Waals surface area contributed by atoms with Crippen molar-refractivity contribution in [3.8, 4) is 0 Å². The number of hydrogen-bond donors (Lipinski definition) is 3. The van der Waals surface area contributed by atoms with Gasteiger partial charge in [-0.3, -0.25) is 28.9 Å². The smallest absolute Gasteiger partial charge is 0.242 e. The molecule has 1 aliphatic heterocycles. The van der Waals surface area contributed by atoms with E-state index >= 15 is 0 Å². The molecule has 3 atom stereocenters. The second-order valence-electron chi connectivity index (χ2n) is 10.3. The predicted octanol–water partition coefficient (Wildman–Crippen LogP) is 1.93. The summed E-state index contributed by atoms with van der Waals surface area (Å²) in [4.78, 5) is 63.0. The van der Waals surface area contributed by atoms with Crippen molar-refractivity contribution < 1.29 is 24.0 Å². The van der Waals surface area contributed by atoms with E-state index in [1.54, 1.807) is 20.8 Å².